The summed E-state index contributed by atoms with van der Waals surface area (Å²) < 4.78 is 32.8. The maximum Gasteiger partial charge on any atom is 0.306 e. The number of hydrogen-bond donors (Lipinski definition) is 7. The van der Waals surface area contributed by atoms with Crippen molar-refractivity contribution in [1.82, 2.24) is 0 Å². The molecule has 0 radical (unpaired) electrons. The Morgan fingerprint density at radius 3 is 1.70 bits per heavy atom. The Morgan fingerprint density at radius 2 is 1.11 bits per heavy atom. The van der Waals surface area contributed by atoms with Crippen molar-refractivity contribution in [2.45, 2.75) is 191 Å². The van der Waals surface area contributed by atoms with Gasteiger partial charge in [-0.05, 0) is 38.5 Å². The summed E-state index contributed by atoms with van der Waals surface area (Å²) in [5.74, 6) is -0.996. The summed E-state index contributed by atoms with van der Waals surface area (Å²) in [6.07, 6.45) is 4.62. The van der Waals surface area contributed by atoms with Gasteiger partial charge >= 0.3 is 11.9 Å². The molecule has 7 N–H and O–H groups in total. The highest BCUT2D eigenvalue weighted by atomic mass is 16.7. The number of allylic oxidation sites excluding steroid dienone is 2. The van der Waals surface area contributed by atoms with Gasteiger partial charge in [-0.15, -0.1) is 0 Å². The fourth-order valence-electron chi connectivity index (χ4n) is 6.13. The van der Waals surface area contributed by atoms with Crippen LogP contribution in [0.3, 0.4) is 0 Å². The predicted octanol–water partition coefficient (Wildman–Crippen LogP) is 2.31. The van der Waals surface area contributed by atoms with Crippen LogP contribution in [0, 0.1) is 0 Å². The number of aliphatic hydroxyl groups is 7. The maximum atomic E-state index is 12.7. The largest absolute Gasteiger partial charge is 0.462 e. The Morgan fingerprint density at radius 1 is 0.585 bits per heavy atom. The summed E-state index contributed by atoms with van der Waals surface area (Å²) in [5.41, 5.74) is 0. The first-order valence-electron chi connectivity index (χ1n) is 19.8. The quantitative estimate of drug-likeness (QED) is 0.0344. The number of esters is 2. The molecule has 0 aromatic heterocycles. The molecular formula is C38H68O15. The van der Waals surface area contributed by atoms with Crippen molar-refractivity contribution >= 4 is 11.9 Å². The highest BCUT2D eigenvalue weighted by Crippen LogP contribution is 2.26. The molecule has 0 aromatic carbocycles. The monoisotopic (exact) mass is 764 g/mol. The molecule has 11 atom stereocenters. The number of carbonyl (C=O) groups excluding carboxylic acids is 2. The van der Waals surface area contributed by atoms with Crippen molar-refractivity contribution in [2.75, 3.05) is 26.4 Å². The average Bonchev–Trinajstić information content (AvgIpc) is 3.14. The number of aliphatic hydroxyl groups excluding tert-OH is 7. The van der Waals surface area contributed by atoms with Gasteiger partial charge in [0.05, 0.1) is 19.8 Å². The summed E-state index contributed by atoms with van der Waals surface area (Å²) in [6.45, 7) is 2.15. The van der Waals surface area contributed by atoms with E-state index in [2.05, 4.69) is 19.1 Å². The van der Waals surface area contributed by atoms with E-state index in [9.17, 15) is 45.3 Å². The van der Waals surface area contributed by atoms with Gasteiger partial charge in [-0.2, -0.15) is 0 Å². The Balaban J connectivity index is 1.77. The highest BCUT2D eigenvalue weighted by molar-refractivity contribution is 5.70. The third-order valence-electron chi connectivity index (χ3n) is 9.46. The van der Waals surface area contributed by atoms with Gasteiger partial charge in [0.1, 0.15) is 55.4 Å². The standard InChI is InChI=1S/C38H68O15/c1-3-5-6-7-8-9-10-11-12-13-14-15-16-17-18-19-21-30(41)51-26(23-48-29(40)20-4-2)24-49-37-36(47)34(45)32(43)28(53-37)25-50-38-35(46)33(44)31(42)27(22-39)52-38/h12-13,26-28,31-39,42-47H,3-11,14-25H2,1-2H3/b13-12-. The minimum atomic E-state index is -1.76. The average molecular weight is 765 g/mol. The first-order valence-corrected chi connectivity index (χ1v) is 19.8. The SMILES string of the molecule is CCCCCCCCC/C=C\CCCCCCCC(=O)OC(COC(=O)CCC)COC1OC(COC2OC(CO)C(O)C(O)C2O)C(O)C(O)C1O. The Labute approximate surface area is 314 Å². The summed E-state index contributed by atoms with van der Waals surface area (Å²) in [7, 11) is 0. The van der Waals surface area contributed by atoms with Crippen LogP contribution in [0.4, 0.5) is 0 Å². The van der Waals surface area contributed by atoms with Gasteiger partial charge in [-0.25, -0.2) is 0 Å². The molecule has 2 heterocycles. The van der Waals surface area contributed by atoms with E-state index in [4.69, 9.17) is 28.4 Å². The second kappa shape index (κ2) is 27.8. The lowest BCUT2D eigenvalue weighted by atomic mass is 9.98. The molecule has 15 heteroatoms. The van der Waals surface area contributed by atoms with Gasteiger partial charge in [0, 0.05) is 12.8 Å². The van der Waals surface area contributed by atoms with Crippen molar-refractivity contribution in [3.05, 3.63) is 12.2 Å². The molecular weight excluding hydrogens is 696 g/mol. The van der Waals surface area contributed by atoms with E-state index < -0.39 is 92.7 Å². The normalized spacial score (nSPS) is 29.7. The van der Waals surface area contributed by atoms with Crippen LogP contribution in [0.15, 0.2) is 12.2 Å². The molecule has 310 valence electrons. The Kier molecular flexibility index (Phi) is 24.8. The van der Waals surface area contributed by atoms with Crippen LogP contribution < -0.4 is 0 Å². The zero-order valence-corrected chi connectivity index (χ0v) is 31.8. The molecule has 2 saturated heterocycles. The molecule has 2 rings (SSSR count). The second-order valence-electron chi connectivity index (χ2n) is 14.1. The molecule has 0 bridgehead atoms. The third-order valence-corrected chi connectivity index (χ3v) is 9.46. The maximum absolute atomic E-state index is 12.7. The van der Waals surface area contributed by atoms with Crippen molar-refractivity contribution in [3.63, 3.8) is 0 Å². The molecule has 0 spiro atoms. The van der Waals surface area contributed by atoms with Crippen molar-refractivity contribution < 1.29 is 73.8 Å². The second-order valence-corrected chi connectivity index (χ2v) is 14.1. The first kappa shape index (κ1) is 47.4. The fraction of sp³-hybridized carbons (Fsp3) is 0.895. The summed E-state index contributed by atoms with van der Waals surface area (Å²) in [4.78, 5) is 24.7. The van der Waals surface area contributed by atoms with E-state index in [1.807, 2.05) is 6.92 Å². The van der Waals surface area contributed by atoms with Gasteiger partial charge in [0.25, 0.3) is 0 Å². The van der Waals surface area contributed by atoms with Crippen molar-refractivity contribution in [3.8, 4) is 0 Å². The van der Waals surface area contributed by atoms with Gasteiger partial charge in [-0.1, -0.05) is 83.8 Å². The van der Waals surface area contributed by atoms with E-state index in [-0.39, 0.29) is 26.1 Å². The van der Waals surface area contributed by atoms with E-state index in [1.165, 1.54) is 44.9 Å². The molecule has 0 aliphatic carbocycles. The molecule has 11 unspecified atom stereocenters. The molecule has 0 amide bonds. The Hall–Kier alpha value is -1.76. The van der Waals surface area contributed by atoms with E-state index >= 15 is 0 Å². The van der Waals surface area contributed by atoms with Gasteiger partial charge < -0.3 is 64.2 Å². The van der Waals surface area contributed by atoms with Crippen LogP contribution >= 0.6 is 0 Å². The van der Waals surface area contributed by atoms with E-state index in [1.54, 1.807) is 0 Å². The topological polar surface area (TPSA) is 231 Å². The lowest BCUT2D eigenvalue weighted by Gasteiger charge is -2.42. The smallest absolute Gasteiger partial charge is 0.306 e. The minimum Gasteiger partial charge on any atom is -0.462 e. The van der Waals surface area contributed by atoms with Crippen LogP contribution in [0.25, 0.3) is 0 Å². The van der Waals surface area contributed by atoms with Gasteiger partial charge in [0.15, 0.2) is 18.7 Å². The Bertz CT molecular complexity index is 997. The molecule has 2 aliphatic heterocycles. The van der Waals surface area contributed by atoms with Crippen molar-refractivity contribution in [2.24, 2.45) is 0 Å². The molecule has 2 aliphatic rings. The lowest BCUT2D eigenvalue weighted by molar-refractivity contribution is -0.332. The number of carbonyl (C=O) groups is 2. The number of ether oxygens (including phenoxy) is 6. The van der Waals surface area contributed by atoms with Crippen LogP contribution in [-0.4, -0.2) is 142 Å². The summed E-state index contributed by atoms with van der Waals surface area (Å²) >= 11 is 0. The van der Waals surface area contributed by atoms with Crippen molar-refractivity contribution in [1.29, 1.82) is 0 Å². The molecule has 0 aromatic rings. The van der Waals surface area contributed by atoms with Crippen LogP contribution in [-0.2, 0) is 38.0 Å². The molecule has 15 nitrogen and oxygen atoms in total. The summed E-state index contributed by atoms with van der Waals surface area (Å²) in [6, 6.07) is 0. The van der Waals surface area contributed by atoms with Gasteiger partial charge in [-0.3, -0.25) is 9.59 Å². The number of unbranched alkanes of at least 4 members (excludes halogenated alkanes) is 12. The highest BCUT2D eigenvalue weighted by Gasteiger charge is 2.47. The lowest BCUT2D eigenvalue weighted by Crippen LogP contribution is -2.61. The number of rotatable bonds is 28. The summed E-state index contributed by atoms with van der Waals surface area (Å²) in [5, 5.41) is 71.2. The number of hydrogen-bond acceptors (Lipinski definition) is 15. The van der Waals surface area contributed by atoms with Crippen LogP contribution in [0.2, 0.25) is 0 Å². The first-order chi connectivity index (χ1) is 25.5. The van der Waals surface area contributed by atoms with E-state index in [0.29, 0.717) is 12.8 Å². The van der Waals surface area contributed by atoms with Gasteiger partial charge in [0.2, 0.25) is 0 Å². The predicted molar refractivity (Wildman–Crippen MR) is 192 cm³/mol. The van der Waals surface area contributed by atoms with Crippen LogP contribution in [0.1, 0.15) is 123 Å². The van der Waals surface area contributed by atoms with E-state index in [0.717, 1.165) is 38.5 Å². The molecule has 53 heavy (non-hydrogen) atoms. The molecule has 2 fully saturated rings. The zero-order chi connectivity index (χ0) is 39.0. The molecule has 0 saturated carbocycles. The minimum absolute atomic E-state index is 0.155. The zero-order valence-electron chi connectivity index (χ0n) is 31.8. The van der Waals surface area contributed by atoms with Crippen LogP contribution in [0.5, 0.6) is 0 Å². The third kappa shape index (κ3) is 18.2. The fourth-order valence-corrected chi connectivity index (χ4v) is 6.13.